The highest BCUT2D eigenvalue weighted by atomic mass is 32.2. The van der Waals surface area contributed by atoms with Crippen molar-refractivity contribution in [2.24, 2.45) is 5.84 Å². The third-order valence-electron chi connectivity index (χ3n) is 5.50. The van der Waals surface area contributed by atoms with Gasteiger partial charge in [-0.2, -0.15) is 16.8 Å². The molecular weight excluding hydrogens is 600 g/mol. The largest absolute Gasteiger partial charge is 0.478 e. The maximum absolute atomic E-state index is 13.0. The van der Waals surface area contributed by atoms with E-state index in [0.29, 0.717) is 5.01 Å². The molecule has 7 N–H and O–H groups in total. The van der Waals surface area contributed by atoms with E-state index in [1.165, 1.54) is 0 Å². The Morgan fingerprint density at radius 1 is 0.905 bits per heavy atom. The van der Waals surface area contributed by atoms with Crippen molar-refractivity contribution in [2.75, 3.05) is 5.01 Å². The van der Waals surface area contributed by atoms with Gasteiger partial charge in [0.2, 0.25) is 0 Å². The van der Waals surface area contributed by atoms with Gasteiger partial charge in [-0.1, -0.05) is 12.7 Å². The van der Waals surface area contributed by atoms with E-state index in [4.69, 9.17) is 14.9 Å². The number of aliphatic carboxylic acids is 1. The number of aromatic amines is 1. The molecule has 220 valence electrons. The molecule has 0 aliphatic carbocycles. The second kappa shape index (κ2) is 11.8. The quantitative estimate of drug-likeness (QED) is 0.0459. The first-order valence-electron chi connectivity index (χ1n) is 11.1. The number of hydrazine groups is 1. The Kier molecular flexibility index (Phi) is 8.79. The summed E-state index contributed by atoms with van der Waals surface area (Å²) < 4.78 is 64.0. The molecule has 0 spiro atoms. The molecule has 3 rings (SSSR count). The average molecular weight is 621 g/mol. The van der Waals surface area contributed by atoms with Crippen LogP contribution in [0.15, 0.2) is 93.0 Å². The van der Waals surface area contributed by atoms with Crippen molar-refractivity contribution in [1.82, 2.24) is 9.78 Å². The Morgan fingerprint density at radius 2 is 1.40 bits per heavy atom. The number of rotatable bonds is 10. The predicted octanol–water partition coefficient (Wildman–Crippen LogP) is 0.845. The average Bonchev–Trinajstić information content (AvgIpc) is 3.25. The molecule has 1 aromatic heterocycles. The number of nitrogens with two attached hydrogens (primary N) is 1. The van der Waals surface area contributed by atoms with E-state index in [2.05, 4.69) is 11.7 Å². The Hall–Kier alpha value is -5.14. The number of carboxylic acid groups (broad SMARTS) is 2. The number of nitrogens with zero attached hydrogens (tertiary/aromatic N) is 2. The van der Waals surface area contributed by atoms with Crippen LogP contribution in [0.4, 0.5) is 5.69 Å². The number of allylic oxidation sites excluding steroid dienone is 2. The van der Waals surface area contributed by atoms with Crippen LogP contribution in [0.25, 0.3) is 11.8 Å². The fourth-order valence-corrected chi connectivity index (χ4v) is 4.36. The molecule has 2 aromatic carbocycles. The number of benzene rings is 2. The maximum Gasteiger partial charge on any atom is 0.354 e. The molecule has 18 heteroatoms. The normalized spacial score (nSPS) is 12.3. The van der Waals surface area contributed by atoms with Gasteiger partial charge in [0.1, 0.15) is 0 Å². The number of aromatic carboxylic acids is 1. The lowest BCUT2D eigenvalue weighted by molar-refractivity contribution is -0.132. The van der Waals surface area contributed by atoms with Gasteiger partial charge in [0.05, 0.1) is 37.9 Å². The zero-order chi connectivity index (χ0) is 31.6. The summed E-state index contributed by atoms with van der Waals surface area (Å²) in [5, 5.41) is 21.8. The van der Waals surface area contributed by atoms with Crippen molar-refractivity contribution < 1.29 is 50.5 Å². The lowest BCUT2D eigenvalue weighted by atomic mass is 10.1. The van der Waals surface area contributed by atoms with Crippen molar-refractivity contribution in [3.63, 3.8) is 0 Å². The third kappa shape index (κ3) is 6.77. The third-order valence-corrected chi connectivity index (χ3v) is 7.24. The molecule has 1 amide bonds. The van der Waals surface area contributed by atoms with Crippen molar-refractivity contribution in [3.05, 3.63) is 100 Å². The van der Waals surface area contributed by atoms with Gasteiger partial charge in [-0.3, -0.25) is 23.8 Å². The standard InChI is InChI=1S/C24H20N4O12S2/c1-13(23(31)32)18(21(29)27(25)14-5-9-16(10-6-14)41(35,36)37)3-2-4-19-20(24(33)34)26-28(22(19)30)15-7-11-17(12-8-15)42(38,39)40/h2-12,26H,1,25H2,(H,31,32)(H,33,34)(H,35,36,37)(H,38,39,40). The number of anilines is 1. The first-order valence-corrected chi connectivity index (χ1v) is 14.0. The Bertz CT molecular complexity index is 1930. The summed E-state index contributed by atoms with van der Waals surface area (Å²) in [5.41, 5.74) is -3.45. The van der Waals surface area contributed by atoms with Gasteiger partial charge in [0.15, 0.2) is 5.69 Å². The van der Waals surface area contributed by atoms with Crippen LogP contribution in [0.5, 0.6) is 0 Å². The number of carboxylic acids is 2. The summed E-state index contributed by atoms with van der Waals surface area (Å²) in [4.78, 5) is 48.4. The van der Waals surface area contributed by atoms with Crippen LogP contribution in [0.1, 0.15) is 16.1 Å². The summed E-state index contributed by atoms with van der Waals surface area (Å²) in [6.07, 6.45) is 2.84. The molecule has 1 heterocycles. The van der Waals surface area contributed by atoms with Gasteiger partial charge in [-0.05, 0) is 60.7 Å². The molecule has 0 atom stereocenters. The molecule has 0 unspecified atom stereocenters. The molecule has 3 aromatic rings. The molecule has 0 aliphatic rings. The Balaban J connectivity index is 2.02. The highest BCUT2D eigenvalue weighted by Crippen LogP contribution is 2.20. The molecule has 0 bridgehead atoms. The van der Waals surface area contributed by atoms with Gasteiger partial charge in [-0.15, -0.1) is 0 Å². The SMILES string of the molecule is C=C(C(=O)O)C(=CC=Cc1c(C(=O)O)[nH]n(-c2ccc(S(=O)(=O)O)cc2)c1=O)C(=O)N(N)c1ccc(S(=O)(=O)O)cc1. The van der Waals surface area contributed by atoms with E-state index in [-0.39, 0.29) is 11.4 Å². The number of carbonyl (C=O) groups is 3. The van der Waals surface area contributed by atoms with Crippen LogP contribution in [-0.4, -0.2) is 63.8 Å². The number of amides is 1. The molecule has 16 nitrogen and oxygen atoms in total. The van der Waals surface area contributed by atoms with E-state index in [0.717, 1.165) is 71.4 Å². The van der Waals surface area contributed by atoms with Crippen LogP contribution >= 0.6 is 0 Å². The number of H-pyrrole nitrogens is 1. The lowest BCUT2D eigenvalue weighted by Crippen LogP contribution is -2.39. The molecule has 0 aliphatic heterocycles. The highest BCUT2D eigenvalue weighted by molar-refractivity contribution is 7.86. The van der Waals surface area contributed by atoms with Gasteiger partial charge < -0.3 is 10.2 Å². The topological polar surface area (TPSA) is 267 Å². The van der Waals surface area contributed by atoms with Crippen molar-refractivity contribution in [2.45, 2.75) is 9.79 Å². The molecular formula is C24H20N4O12S2. The second-order valence-electron chi connectivity index (χ2n) is 8.18. The van der Waals surface area contributed by atoms with Crippen LogP contribution in [0, 0.1) is 0 Å². The number of hydrogen-bond acceptors (Lipinski definition) is 9. The zero-order valence-corrected chi connectivity index (χ0v) is 22.5. The number of aromatic nitrogens is 2. The zero-order valence-electron chi connectivity index (χ0n) is 20.9. The monoisotopic (exact) mass is 620 g/mol. The van der Waals surface area contributed by atoms with Crippen molar-refractivity contribution in [3.8, 4) is 5.69 Å². The van der Waals surface area contributed by atoms with Gasteiger partial charge in [0.25, 0.3) is 31.7 Å². The van der Waals surface area contributed by atoms with Crippen LogP contribution < -0.4 is 16.4 Å². The number of nitrogens with one attached hydrogen (secondary N) is 1. The second-order valence-corrected chi connectivity index (χ2v) is 11.0. The minimum Gasteiger partial charge on any atom is -0.478 e. The highest BCUT2D eigenvalue weighted by Gasteiger charge is 2.24. The molecule has 0 saturated carbocycles. The minimum atomic E-state index is -4.54. The summed E-state index contributed by atoms with van der Waals surface area (Å²) >= 11 is 0. The minimum absolute atomic E-state index is 0.000922. The van der Waals surface area contributed by atoms with Gasteiger partial charge >= 0.3 is 11.9 Å². The van der Waals surface area contributed by atoms with Crippen LogP contribution in [-0.2, 0) is 29.8 Å². The lowest BCUT2D eigenvalue weighted by Gasteiger charge is -2.18. The molecule has 42 heavy (non-hydrogen) atoms. The summed E-state index contributed by atoms with van der Waals surface area (Å²) in [5.74, 6) is 1.46. The fraction of sp³-hybridized carbons (Fsp3) is 0. The van der Waals surface area contributed by atoms with Crippen molar-refractivity contribution in [1.29, 1.82) is 0 Å². The molecule has 0 radical (unpaired) electrons. The predicted molar refractivity (Wildman–Crippen MR) is 145 cm³/mol. The molecule has 0 fully saturated rings. The Morgan fingerprint density at radius 3 is 1.86 bits per heavy atom. The maximum atomic E-state index is 13.0. The Labute approximate surface area is 236 Å². The number of carbonyl (C=O) groups excluding carboxylic acids is 1. The summed E-state index contributed by atoms with van der Waals surface area (Å²) in [6, 6.07) is 8.17. The summed E-state index contributed by atoms with van der Waals surface area (Å²) in [6.45, 7) is 3.31. The first-order chi connectivity index (χ1) is 19.4. The summed E-state index contributed by atoms with van der Waals surface area (Å²) in [7, 11) is -9.08. The van der Waals surface area contributed by atoms with Crippen LogP contribution in [0.3, 0.4) is 0 Å². The fourth-order valence-electron chi connectivity index (χ4n) is 3.40. The van der Waals surface area contributed by atoms with E-state index in [9.17, 15) is 46.2 Å². The van der Waals surface area contributed by atoms with E-state index in [1.807, 2.05) is 0 Å². The van der Waals surface area contributed by atoms with Gasteiger partial charge in [-0.25, -0.2) is 25.1 Å². The number of hydrogen-bond donors (Lipinski definition) is 6. The van der Waals surface area contributed by atoms with E-state index >= 15 is 0 Å². The van der Waals surface area contributed by atoms with Gasteiger partial charge in [0, 0.05) is 0 Å². The van der Waals surface area contributed by atoms with Crippen LogP contribution in [0.2, 0.25) is 0 Å². The smallest absolute Gasteiger partial charge is 0.354 e. The van der Waals surface area contributed by atoms with Crippen molar-refractivity contribution >= 4 is 49.8 Å². The first kappa shape index (κ1) is 31.4. The van der Waals surface area contributed by atoms with E-state index < -0.39 is 75.8 Å². The van der Waals surface area contributed by atoms with E-state index in [1.54, 1.807) is 0 Å². The molecule has 0 saturated heterocycles.